The number of hydrogen-bond donors (Lipinski definition) is 1. The second kappa shape index (κ2) is 6.28. The van der Waals surface area contributed by atoms with Crippen molar-refractivity contribution < 1.29 is 14.4 Å². The van der Waals surface area contributed by atoms with Crippen molar-refractivity contribution in [3.8, 4) is 0 Å². The van der Waals surface area contributed by atoms with Crippen LogP contribution in [0.5, 0.6) is 0 Å². The molecule has 1 saturated heterocycles. The Morgan fingerprint density at radius 1 is 1.32 bits per heavy atom. The zero-order chi connectivity index (χ0) is 14.7. The summed E-state index contributed by atoms with van der Waals surface area (Å²) in [5.41, 5.74) is 5.61. The molecule has 5 heteroatoms. The minimum Gasteiger partial charge on any atom is -0.328 e. The van der Waals surface area contributed by atoms with Crippen molar-refractivity contribution in [1.29, 1.82) is 0 Å². The average molecular weight is 268 g/mol. The van der Waals surface area contributed by atoms with Gasteiger partial charge in [0.05, 0.1) is 0 Å². The van der Waals surface area contributed by atoms with Crippen LogP contribution in [0.15, 0.2) is 0 Å². The van der Waals surface area contributed by atoms with E-state index in [0.29, 0.717) is 6.42 Å². The first kappa shape index (κ1) is 15.8. The molecule has 0 aliphatic carbocycles. The van der Waals surface area contributed by atoms with Gasteiger partial charge >= 0.3 is 0 Å². The Labute approximate surface area is 114 Å². The third-order valence-electron chi connectivity index (χ3n) is 3.54. The van der Waals surface area contributed by atoms with E-state index in [1.54, 1.807) is 0 Å². The first-order chi connectivity index (χ1) is 8.79. The number of ketones is 1. The molecule has 1 aliphatic heterocycles. The maximum atomic E-state index is 12.2. The summed E-state index contributed by atoms with van der Waals surface area (Å²) in [6.07, 6.45) is 0.535. The largest absolute Gasteiger partial charge is 0.328 e. The minimum atomic E-state index is -0.786. The third-order valence-corrected chi connectivity index (χ3v) is 3.54. The van der Waals surface area contributed by atoms with Gasteiger partial charge in [-0.25, -0.2) is 0 Å². The lowest BCUT2D eigenvalue weighted by molar-refractivity contribution is -0.147. The highest BCUT2D eigenvalue weighted by atomic mass is 16.2. The van der Waals surface area contributed by atoms with Crippen LogP contribution < -0.4 is 5.73 Å². The molecule has 1 fully saturated rings. The first-order valence-electron chi connectivity index (χ1n) is 6.88. The van der Waals surface area contributed by atoms with Gasteiger partial charge in [-0.1, -0.05) is 27.7 Å². The third kappa shape index (κ3) is 3.41. The number of likely N-dealkylation sites (tertiary alicyclic amines) is 1. The summed E-state index contributed by atoms with van der Waals surface area (Å²) in [5, 5.41) is 0. The standard InChI is InChI=1S/C14H24N2O3/c1-8(2)5-12(17)11(7-15)16-13(18)6-10(9(3)4)14(16)19/h8-11H,5-7,15H2,1-4H3. The number of nitrogens with zero attached hydrogens (tertiary/aromatic N) is 1. The lowest BCUT2D eigenvalue weighted by Gasteiger charge is -2.25. The number of amides is 2. The molecule has 19 heavy (non-hydrogen) atoms. The molecule has 0 saturated carbocycles. The molecule has 2 unspecified atom stereocenters. The van der Waals surface area contributed by atoms with Gasteiger partial charge < -0.3 is 5.73 Å². The van der Waals surface area contributed by atoms with Crippen LogP contribution in [0.2, 0.25) is 0 Å². The summed E-state index contributed by atoms with van der Waals surface area (Å²) >= 11 is 0. The smallest absolute Gasteiger partial charge is 0.233 e. The fourth-order valence-corrected chi connectivity index (χ4v) is 2.44. The predicted molar refractivity (Wildman–Crippen MR) is 72.1 cm³/mol. The molecule has 2 N–H and O–H groups in total. The number of carbonyl (C=O) groups is 3. The molecule has 1 aliphatic rings. The van der Waals surface area contributed by atoms with Crippen LogP contribution in [-0.2, 0) is 14.4 Å². The van der Waals surface area contributed by atoms with E-state index < -0.39 is 6.04 Å². The van der Waals surface area contributed by atoms with E-state index in [0.717, 1.165) is 4.90 Å². The van der Waals surface area contributed by atoms with Gasteiger partial charge in [-0.05, 0) is 11.8 Å². The van der Waals surface area contributed by atoms with Gasteiger partial charge in [0.2, 0.25) is 11.8 Å². The number of rotatable bonds is 6. The Kier molecular flexibility index (Phi) is 5.23. The van der Waals surface area contributed by atoms with Crippen molar-refractivity contribution >= 4 is 17.6 Å². The van der Waals surface area contributed by atoms with E-state index in [4.69, 9.17) is 5.73 Å². The van der Waals surface area contributed by atoms with Crippen LogP contribution >= 0.6 is 0 Å². The fourth-order valence-electron chi connectivity index (χ4n) is 2.44. The Balaban J connectivity index is 2.90. The van der Waals surface area contributed by atoms with Crippen molar-refractivity contribution in [2.45, 2.75) is 46.6 Å². The maximum Gasteiger partial charge on any atom is 0.233 e. The van der Waals surface area contributed by atoms with Gasteiger partial charge in [-0.3, -0.25) is 19.3 Å². The second-order valence-corrected chi connectivity index (χ2v) is 5.97. The molecular weight excluding hydrogens is 244 g/mol. The summed E-state index contributed by atoms with van der Waals surface area (Å²) in [7, 11) is 0. The number of imide groups is 1. The lowest BCUT2D eigenvalue weighted by atomic mass is 9.94. The molecule has 0 radical (unpaired) electrons. The van der Waals surface area contributed by atoms with Crippen LogP contribution in [0.4, 0.5) is 0 Å². The summed E-state index contributed by atoms with van der Waals surface area (Å²) in [4.78, 5) is 37.5. The normalized spacial score (nSPS) is 21.6. The zero-order valence-electron chi connectivity index (χ0n) is 12.2. The van der Waals surface area contributed by atoms with Gasteiger partial charge in [0, 0.05) is 25.3 Å². The van der Waals surface area contributed by atoms with Gasteiger partial charge in [-0.2, -0.15) is 0 Å². The molecule has 2 atom stereocenters. The number of Topliss-reactive ketones (excluding diaryl/α,β-unsaturated/α-hetero) is 1. The maximum absolute atomic E-state index is 12.2. The van der Waals surface area contributed by atoms with Crippen molar-refractivity contribution in [3.63, 3.8) is 0 Å². The van der Waals surface area contributed by atoms with E-state index in [9.17, 15) is 14.4 Å². The summed E-state index contributed by atoms with van der Waals surface area (Å²) in [6, 6.07) is -0.786. The average Bonchev–Trinajstić information content (AvgIpc) is 2.57. The SMILES string of the molecule is CC(C)CC(=O)C(CN)N1C(=O)CC(C(C)C)C1=O. The number of hydrogen-bond acceptors (Lipinski definition) is 4. The van der Waals surface area contributed by atoms with E-state index in [2.05, 4.69) is 0 Å². The topological polar surface area (TPSA) is 80.5 Å². The van der Waals surface area contributed by atoms with Crippen molar-refractivity contribution in [3.05, 3.63) is 0 Å². The van der Waals surface area contributed by atoms with Crippen LogP contribution in [0.3, 0.4) is 0 Å². The van der Waals surface area contributed by atoms with Gasteiger partial charge in [-0.15, -0.1) is 0 Å². The van der Waals surface area contributed by atoms with Crippen molar-refractivity contribution in [2.24, 2.45) is 23.5 Å². The van der Waals surface area contributed by atoms with E-state index in [1.165, 1.54) is 0 Å². The molecular formula is C14H24N2O3. The van der Waals surface area contributed by atoms with Crippen LogP contribution in [-0.4, -0.2) is 35.1 Å². The first-order valence-corrected chi connectivity index (χ1v) is 6.88. The predicted octanol–water partition coefficient (Wildman–Crippen LogP) is 0.960. The Hall–Kier alpha value is -1.23. The minimum absolute atomic E-state index is 0.00779. The molecule has 0 aromatic carbocycles. The highest BCUT2D eigenvalue weighted by Crippen LogP contribution is 2.28. The molecule has 1 rings (SSSR count). The molecule has 108 valence electrons. The van der Waals surface area contributed by atoms with Crippen LogP contribution in [0, 0.1) is 17.8 Å². The quantitative estimate of drug-likeness (QED) is 0.728. The second-order valence-electron chi connectivity index (χ2n) is 5.97. The van der Waals surface area contributed by atoms with E-state index in [-0.39, 0.29) is 48.3 Å². The van der Waals surface area contributed by atoms with Crippen molar-refractivity contribution in [1.82, 2.24) is 4.90 Å². The monoisotopic (exact) mass is 268 g/mol. The van der Waals surface area contributed by atoms with Gasteiger partial charge in [0.1, 0.15) is 6.04 Å². The Morgan fingerprint density at radius 2 is 1.89 bits per heavy atom. The highest BCUT2D eigenvalue weighted by Gasteiger charge is 2.44. The Morgan fingerprint density at radius 3 is 2.26 bits per heavy atom. The number of nitrogens with two attached hydrogens (primary N) is 1. The van der Waals surface area contributed by atoms with Crippen molar-refractivity contribution in [2.75, 3.05) is 6.54 Å². The molecule has 0 spiro atoms. The Bertz CT molecular complexity index is 377. The number of carbonyl (C=O) groups excluding carboxylic acids is 3. The molecule has 1 heterocycles. The van der Waals surface area contributed by atoms with Gasteiger partial charge in [0.25, 0.3) is 0 Å². The summed E-state index contributed by atoms with van der Waals surface area (Å²) < 4.78 is 0. The molecule has 5 nitrogen and oxygen atoms in total. The summed E-state index contributed by atoms with van der Waals surface area (Å²) in [6.45, 7) is 7.68. The van der Waals surface area contributed by atoms with E-state index >= 15 is 0 Å². The van der Waals surface area contributed by atoms with Gasteiger partial charge in [0.15, 0.2) is 5.78 Å². The molecule has 2 amide bonds. The molecule has 0 aromatic rings. The fraction of sp³-hybridized carbons (Fsp3) is 0.786. The zero-order valence-corrected chi connectivity index (χ0v) is 12.2. The summed E-state index contributed by atoms with van der Waals surface area (Å²) in [5.74, 6) is -0.656. The molecule has 0 aromatic heterocycles. The van der Waals surface area contributed by atoms with Crippen LogP contribution in [0.1, 0.15) is 40.5 Å². The lowest BCUT2D eigenvalue weighted by Crippen LogP contribution is -2.49. The molecule has 0 bridgehead atoms. The highest BCUT2D eigenvalue weighted by molar-refractivity contribution is 6.07. The van der Waals surface area contributed by atoms with Crippen LogP contribution in [0.25, 0.3) is 0 Å². The van der Waals surface area contributed by atoms with E-state index in [1.807, 2.05) is 27.7 Å².